The van der Waals surface area contributed by atoms with E-state index in [9.17, 15) is 0 Å². The first-order chi connectivity index (χ1) is 9.27. The average Bonchev–Trinajstić information content (AvgIpc) is 3.15. The quantitative estimate of drug-likeness (QED) is 0.821. The molecule has 0 spiro atoms. The minimum Gasteiger partial charge on any atom is -0.310 e. The van der Waals surface area contributed by atoms with Crippen LogP contribution in [0.1, 0.15) is 67.2 Å². The summed E-state index contributed by atoms with van der Waals surface area (Å²) in [6.07, 6.45) is 5.56. The van der Waals surface area contributed by atoms with Gasteiger partial charge in [-0.05, 0) is 43.4 Å². The lowest BCUT2D eigenvalue weighted by atomic mass is 9.80. The van der Waals surface area contributed by atoms with Crippen LogP contribution in [0.15, 0.2) is 0 Å². The molecule has 1 aliphatic carbocycles. The molecule has 3 atom stereocenters. The Bertz CT molecular complexity index is 316. The van der Waals surface area contributed by atoms with Crippen LogP contribution in [-0.4, -0.2) is 36.1 Å². The van der Waals surface area contributed by atoms with E-state index in [0.717, 1.165) is 11.8 Å². The Morgan fingerprint density at radius 1 is 1.30 bits per heavy atom. The topological polar surface area (TPSA) is 15.3 Å². The minimum absolute atomic E-state index is 0.358. The molecule has 1 N–H and O–H groups in total. The first-order valence-corrected chi connectivity index (χ1v) is 8.75. The van der Waals surface area contributed by atoms with Gasteiger partial charge in [0.25, 0.3) is 0 Å². The highest BCUT2D eigenvalue weighted by atomic mass is 15.3. The number of rotatable bonds is 5. The van der Waals surface area contributed by atoms with Gasteiger partial charge in [-0.25, -0.2) is 0 Å². The summed E-state index contributed by atoms with van der Waals surface area (Å²) in [7, 11) is 0. The Labute approximate surface area is 126 Å². The Hall–Kier alpha value is -0.0800. The van der Waals surface area contributed by atoms with E-state index < -0.39 is 0 Å². The monoisotopic (exact) mass is 280 g/mol. The second-order valence-corrected chi connectivity index (χ2v) is 8.73. The van der Waals surface area contributed by atoms with Gasteiger partial charge < -0.3 is 5.32 Å². The van der Waals surface area contributed by atoms with Crippen LogP contribution in [0.5, 0.6) is 0 Å². The van der Waals surface area contributed by atoms with Gasteiger partial charge >= 0.3 is 0 Å². The third-order valence-corrected chi connectivity index (χ3v) is 5.65. The first kappa shape index (κ1) is 16.3. The Morgan fingerprint density at radius 2 is 1.95 bits per heavy atom. The molecule has 0 aromatic carbocycles. The van der Waals surface area contributed by atoms with E-state index in [0.29, 0.717) is 17.0 Å². The maximum Gasteiger partial charge on any atom is 0.0334 e. The van der Waals surface area contributed by atoms with Gasteiger partial charge in [0.2, 0.25) is 0 Å². The van der Waals surface area contributed by atoms with Crippen LogP contribution in [0.25, 0.3) is 0 Å². The normalized spacial score (nSPS) is 34.2. The number of hydrogen-bond donors (Lipinski definition) is 1. The molecule has 1 saturated heterocycles. The van der Waals surface area contributed by atoms with Gasteiger partial charge in [-0.1, -0.05) is 41.0 Å². The summed E-state index contributed by atoms with van der Waals surface area (Å²) in [5, 5.41) is 3.86. The molecule has 2 nitrogen and oxygen atoms in total. The molecule has 0 bridgehead atoms. The molecule has 2 aliphatic rings. The average molecular weight is 281 g/mol. The molecule has 118 valence electrons. The number of piperazine rings is 1. The van der Waals surface area contributed by atoms with Crippen molar-refractivity contribution in [3.63, 3.8) is 0 Å². The van der Waals surface area contributed by atoms with Gasteiger partial charge in [0.1, 0.15) is 0 Å². The molecule has 0 aromatic rings. The van der Waals surface area contributed by atoms with Crippen LogP contribution >= 0.6 is 0 Å². The molecule has 0 radical (unpaired) electrons. The van der Waals surface area contributed by atoms with Gasteiger partial charge in [0, 0.05) is 31.2 Å². The molecule has 0 aromatic heterocycles. The van der Waals surface area contributed by atoms with Crippen LogP contribution in [-0.2, 0) is 0 Å². The van der Waals surface area contributed by atoms with Crippen LogP contribution in [0, 0.1) is 17.3 Å². The number of hydrogen-bond acceptors (Lipinski definition) is 2. The van der Waals surface area contributed by atoms with Crippen LogP contribution in [0.2, 0.25) is 0 Å². The lowest BCUT2D eigenvalue weighted by Gasteiger charge is -2.52. The van der Waals surface area contributed by atoms with Crippen LogP contribution in [0.3, 0.4) is 0 Å². The second kappa shape index (κ2) is 5.96. The molecule has 1 aliphatic heterocycles. The largest absolute Gasteiger partial charge is 0.310 e. The highest BCUT2D eigenvalue weighted by Crippen LogP contribution is 2.45. The third-order valence-electron chi connectivity index (χ3n) is 5.65. The zero-order valence-corrected chi connectivity index (χ0v) is 14.6. The Kier molecular flexibility index (Phi) is 4.86. The molecule has 20 heavy (non-hydrogen) atoms. The van der Waals surface area contributed by atoms with E-state index in [4.69, 9.17) is 0 Å². The smallest absolute Gasteiger partial charge is 0.0334 e. The zero-order valence-electron chi connectivity index (χ0n) is 14.6. The van der Waals surface area contributed by atoms with Crippen molar-refractivity contribution in [2.75, 3.05) is 19.6 Å². The van der Waals surface area contributed by atoms with Crippen LogP contribution < -0.4 is 5.32 Å². The van der Waals surface area contributed by atoms with Crippen molar-refractivity contribution in [2.24, 2.45) is 17.3 Å². The van der Waals surface area contributed by atoms with Crippen molar-refractivity contribution in [3.8, 4) is 0 Å². The SMILES string of the molecule is CCCC(C)CN1CC(C(C)(C)C)NCC1(C)C1CC1. The summed E-state index contributed by atoms with van der Waals surface area (Å²) >= 11 is 0. The molecule has 2 fully saturated rings. The van der Waals surface area contributed by atoms with E-state index in [1.807, 2.05) is 0 Å². The van der Waals surface area contributed by atoms with Crippen LogP contribution in [0.4, 0.5) is 0 Å². The minimum atomic E-state index is 0.358. The molecule has 2 rings (SSSR count). The molecular weight excluding hydrogens is 244 g/mol. The fourth-order valence-corrected chi connectivity index (χ4v) is 3.87. The summed E-state index contributed by atoms with van der Waals surface area (Å²) in [6.45, 7) is 18.1. The highest BCUT2D eigenvalue weighted by molar-refractivity contribution is 5.06. The fourth-order valence-electron chi connectivity index (χ4n) is 3.87. The third kappa shape index (κ3) is 3.57. The van der Waals surface area contributed by atoms with Crippen molar-refractivity contribution in [2.45, 2.75) is 78.8 Å². The molecule has 0 amide bonds. The molecule has 3 unspecified atom stereocenters. The number of nitrogens with zero attached hydrogens (tertiary/aromatic N) is 1. The lowest BCUT2D eigenvalue weighted by Crippen LogP contribution is -2.67. The van der Waals surface area contributed by atoms with E-state index in [-0.39, 0.29) is 0 Å². The summed E-state index contributed by atoms with van der Waals surface area (Å²) in [4.78, 5) is 2.84. The summed E-state index contributed by atoms with van der Waals surface area (Å²) in [5.74, 6) is 1.77. The Balaban J connectivity index is 2.06. The van der Waals surface area contributed by atoms with E-state index in [2.05, 4.69) is 51.8 Å². The van der Waals surface area contributed by atoms with E-state index in [1.165, 1.54) is 45.3 Å². The highest BCUT2D eigenvalue weighted by Gasteiger charge is 2.49. The Morgan fingerprint density at radius 3 is 2.45 bits per heavy atom. The summed E-state index contributed by atoms with van der Waals surface area (Å²) in [6, 6.07) is 0.628. The van der Waals surface area contributed by atoms with Gasteiger partial charge in [0.05, 0.1) is 0 Å². The maximum absolute atomic E-state index is 3.86. The van der Waals surface area contributed by atoms with Crippen molar-refractivity contribution in [1.82, 2.24) is 10.2 Å². The van der Waals surface area contributed by atoms with E-state index in [1.54, 1.807) is 0 Å². The lowest BCUT2D eigenvalue weighted by molar-refractivity contribution is 0.000471. The van der Waals surface area contributed by atoms with Crippen molar-refractivity contribution < 1.29 is 0 Å². The van der Waals surface area contributed by atoms with Crippen molar-refractivity contribution >= 4 is 0 Å². The van der Waals surface area contributed by atoms with Gasteiger partial charge in [0.15, 0.2) is 0 Å². The van der Waals surface area contributed by atoms with Gasteiger partial charge in [-0.15, -0.1) is 0 Å². The van der Waals surface area contributed by atoms with Crippen molar-refractivity contribution in [1.29, 1.82) is 0 Å². The van der Waals surface area contributed by atoms with E-state index >= 15 is 0 Å². The summed E-state index contributed by atoms with van der Waals surface area (Å²) in [5.41, 5.74) is 0.765. The molecule has 2 heteroatoms. The predicted molar refractivity (Wildman–Crippen MR) is 88.0 cm³/mol. The molecule has 1 saturated carbocycles. The molecular formula is C18H36N2. The van der Waals surface area contributed by atoms with Gasteiger partial charge in [-0.3, -0.25) is 4.90 Å². The predicted octanol–water partition coefficient (Wildman–Crippen LogP) is 3.91. The van der Waals surface area contributed by atoms with Gasteiger partial charge in [-0.2, -0.15) is 0 Å². The second-order valence-electron chi connectivity index (χ2n) is 8.73. The molecule has 1 heterocycles. The first-order valence-electron chi connectivity index (χ1n) is 8.75. The zero-order chi connectivity index (χ0) is 15.0. The fraction of sp³-hybridized carbons (Fsp3) is 1.00. The maximum atomic E-state index is 3.86. The summed E-state index contributed by atoms with van der Waals surface area (Å²) < 4.78 is 0. The standard InChI is InChI=1S/C18H36N2/c1-7-8-14(2)11-20-12-16(17(3,4)5)19-13-18(20,6)15-9-10-15/h14-16,19H,7-13H2,1-6H3. The number of nitrogens with one attached hydrogen (secondary N) is 1. The van der Waals surface area contributed by atoms with Crippen molar-refractivity contribution in [3.05, 3.63) is 0 Å².